The van der Waals surface area contributed by atoms with Crippen LogP contribution in [0.15, 0.2) is 0 Å². The Bertz CT molecular complexity index is 964. The molecule has 2 unspecified atom stereocenters. The topological polar surface area (TPSA) is 130 Å². The van der Waals surface area contributed by atoms with Crippen molar-refractivity contribution in [2.45, 2.75) is 160 Å². The smallest absolute Gasteiger partial charge is 0.311 e. The summed E-state index contributed by atoms with van der Waals surface area (Å²) in [7, 11) is 5.79. The molecule has 0 amide bonds. The van der Waals surface area contributed by atoms with Crippen LogP contribution < -0.4 is 0 Å². The summed E-state index contributed by atoms with van der Waals surface area (Å²) in [6.45, 7) is 19.4. The van der Waals surface area contributed by atoms with Gasteiger partial charge in [0, 0.05) is 24.5 Å². The second kappa shape index (κ2) is 14.1. The molecular formula is C33H62N2O9. The number of rotatable bonds is 4. The maximum Gasteiger partial charge on any atom is 0.311 e. The lowest BCUT2D eigenvalue weighted by Crippen LogP contribution is -2.59. The number of carbonyl (C=O) groups is 1. The van der Waals surface area contributed by atoms with Crippen LogP contribution in [0.5, 0.6) is 0 Å². The molecule has 0 aliphatic carbocycles. The first-order valence-electron chi connectivity index (χ1n) is 16.5. The van der Waals surface area contributed by atoms with Crippen molar-refractivity contribution >= 4 is 5.97 Å². The van der Waals surface area contributed by atoms with Gasteiger partial charge in [-0.15, -0.1) is 0 Å². The molecule has 0 saturated carbocycles. The van der Waals surface area contributed by atoms with Crippen molar-refractivity contribution in [3.63, 3.8) is 0 Å². The number of ether oxygens (including phenoxy) is 5. The number of esters is 1. The minimum Gasteiger partial charge on any atom is -0.459 e. The van der Waals surface area contributed by atoms with Crippen LogP contribution in [0, 0.1) is 17.8 Å². The fourth-order valence-corrected chi connectivity index (χ4v) is 7.92. The van der Waals surface area contributed by atoms with Crippen LogP contribution in [0.2, 0.25) is 0 Å². The average molecular weight is 631 g/mol. The largest absolute Gasteiger partial charge is 0.459 e. The molecule has 0 spiro atoms. The Morgan fingerprint density at radius 1 is 1.07 bits per heavy atom. The molecule has 3 rings (SSSR count). The summed E-state index contributed by atoms with van der Waals surface area (Å²) in [6.07, 6.45) is -3.86. The number of hydrogen-bond acceptors (Lipinski definition) is 11. The van der Waals surface area contributed by atoms with Gasteiger partial charge < -0.3 is 48.8 Å². The standard InChI is InChI=1S/C33H62N2O9/c1-14-24-33(10,39)27(37)22(6)35(13)17-18(2)16-32(9)28(42-30-25(36)23(34(11)12)15-19(3)40-30)20(4)26(21(5)29(38)41-24)43-31(7,8)44-32/h18-28,30,36-37,39H,14-17H2,1-13H3/t18-,19-,20+,21-,22+,23+,24+,25-,26+,27-,28-,30?,32?,33-/m1/s1. The predicted octanol–water partition coefficient (Wildman–Crippen LogP) is 2.77. The van der Waals surface area contributed by atoms with E-state index in [2.05, 4.69) is 6.92 Å². The summed E-state index contributed by atoms with van der Waals surface area (Å²) in [5.41, 5.74) is -2.60. The van der Waals surface area contributed by atoms with Crippen molar-refractivity contribution in [1.29, 1.82) is 0 Å². The van der Waals surface area contributed by atoms with Crippen LogP contribution >= 0.6 is 0 Å². The van der Waals surface area contributed by atoms with E-state index in [0.29, 0.717) is 25.8 Å². The Morgan fingerprint density at radius 2 is 1.68 bits per heavy atom. The monoisotopic (exact) mass is 630 g/mol. The van der Waals surface area contributed by atoms with Gasteiger partial charge in [0.15, 0.2) is 12.1 Å². The Kier molecular flexibility index (Phi) is 12.0. The molecule has 258 valence electrons. The van der Waals surface area contributed by atoms with E-state index in [1.807, 2.05) is 79.4 Å². The summed E-state index contributed by atoms with van der Waals surface area (Å²) >= 11 is 0. The molecule has 14 atom stereocenters. The normalized spacial score (nSPS) is 48.3. The molecule has 2 bridgehead atoms. The maximum absolute atomic E-state index is 13.8. The molecule has 3 saturated heterocycles. The third-order valence-electron chi connectivity index (χ3n) is 10.3. The number of aliphatic hydroxyl groups is 3. The van der Waals surface area contributed by atoms with Crippen molar-refractivity contribution in [2.75, 3.05) is 27.7 Å². The van der Waals surface area contributed by atoms with Gasteiger partial charge in [-0.2, -0.15) is 0 Å². The second-order valence-corrected chi connectivity index (χ2v) is 15.2. The third kappa shape index (κ3) is 7.97. The summed E-state index contributed by atoms with van der Waals surface area (Å²) < 4.78 is 32.4. The highest BCUT2D eigenvalue weighted by atomic mass is 16.7. The minimum absolute atomic E-state index is 0.0586. The van der Waals surface area contributed by atoms with Gasteiger partial charge in [0.25, 0.3) is 0 Å². The molecule has 11 heteroatoms. The second-order valence-electron chi connectivity index (χ2n) is 15.2. The van der Waals surface area contributed by atoms with E-state index in [-0.39, 0.29) is 18.1 Å². The Balaban J connectivity index is 2.13. The van der Waals surface area contributed by atoms with Crippen LogP contribution in [0.1, 0.15) is 88.5 Å². The highest BCUT2D eigenvalue weighted by Crippen LogP contribution is 2.45. The number of likely N-dealkylation sites (N-methyl/N-ethyl adjacent to an activating group) is 2. The van der Waals surface area contributed by atoms with Crippen molar-refractivity contribution in [3.8, 4) is 0 Å². The lowest BCUT2D eigenvalue weighted by Gasteiger charge is -2.47. The molecule has 0 aromatic heterocycles. The van der Waals surface area contributed by atoms with Crippen molar-refractivity contribution in [3.05, 3.63) is 0 Å². The number of carbonyl (C=O) groups excluding carboxylic acids is 1. The third-order valence-corrected chi connectivity index (χ3v) is 10.3. The zero-order valence-electron chi connectivity index (χ0n) is 29.4. The van der Waals surface area contributed by atoms with Crippen LogP contribution in [-0.4, -0.2) is 131 Å². The highest BCUT2D eigenvalue weighted by molar-refractivity contribution is 5.73. The molecule has 3 fully saturated rings. The van der Waals surface area contributed by atoms with E-state index in [0.717, 1.165) is 0 Å². The predicted molar refractivity (Wildman–Crippen MR) is 167 cm³/mol. The van der Waals surface area contributed by atoms with Gasteiger partial charge in [-0.3, -0.25) is 4.79 Å². The molecule has 11 nitrogen and oxygen atoms in total. The fourth-order valence-electron chi connectivity index (χ4n) is 7.92. The van der Waals surface area contributed by atoms with Gasteiger partial charge >= 0.3 is 5.97 Å². The van der Waals surface area contributed by atoms with E-state index in [1.54, 1.807) is 6.92 Å². The summed E-state index contributed by atoms with van der Waals surface area (Å²) in [5, 5.41) is 34.3. The van der Waals surface area contributed by atoms with E-state index in [4.69, 9.17) is 23.7 Å². The van der Waals surface area contributed by atoms with Crippen LogP contribution in [0.3, 0.4) is 0 Å². The number of aliphatic hydroxyl groups excluding tert-OH is 2. The molecule has 44 heavy (non-hydrogen) atoms. The van der Waals surface area contributed by atoms with Crippen molar-refractivity contribution < 1.29 is 43.8 Å². The molecule has 0 aromatic carbocycles. The number of fused-ring (bicyclic) bond motifs is 3. The first kappa shape index (κ1) is 37.6. The van der Waals surface area contributed by atoms with Gasteiger partial charge in [-0.1, -0.05) is 20.8 Å². The quantitative estimate of drug-likeness (QED) is 0.397. The highest BCUT2D eigenvalue weighted by Gasteiger charge is 2.55. The van der Waals surface area contributed by atoms with Gasteiger partial charge in [0.05, 0.1) is 29.8 Å². The van der Waals surface area contributed by atoms with Gasteiger partial charge in [0.2, 0.25) is 0 Å². The minimum atomic E-state index is -1.68. The first-order valence-corrected chi connectivity index (χ1v) is 16.5. The molecular weight excluding hydrogens is 568 g/mol. The summed E-state index contributed by atoms with van der Waals surface area (Å²) in [4.78, 5) is 17.8. The molecule has 3 aliphatic rings. The Labute approximate surface area is 265 Å². The average Bonchev–Trinajstić information content (AvgIpc) is 2.98. The lowest BCUT2D eigenvalue weighted by molar-refractivity contribution is -0.315. The van der Waals surface area contributed by atoms with Crippen molar-refractivity contribution in [1.82, 2.24) is 9.80 Å². The molecule has 3 aliphatic heterocycles. The van der Waals surface area contributed by atoms with Crippen molar-refractivity contribution in [2.24, 2.45) is 17.8 Å². The van der Waals surface area contributed by atoms with Gasteiger partial charge in [-0.05, 0) is 94.8 Å². The number of cyclic esters (lactones) is 1. The Hall–Kier alpha value is -0.890. The number of nitrogens with zero attached hydrogens (tertiary/aromatic N) is 2. The fraction of sp³-hybridized carbons (Fsp3) is 0.970. The zero-order chi connectivity index (χ0) is 33.5. The van der Waals surface area contributed by atoms with E-state index < -0.39 is 77.6 Å². The molecule has 0 radical (unpaired) electrons. The molecule has 3 heterocycles. The van der Waals surface area contributed by atoms with Gasteiger partial charge in [-0.25, -0.2) is 0 Å². The summed E-state index contributed by atoms with van der Waals surface area (Å²) in [6, 6.07) is -0.591. The van der Waals surface area contributed by atoms with Crippen LogP contribution in [-0.2, 0) is 28.5 Å². The van der Waals surface area contributed by atoms with Crippen LogP contribution in [0.25, 0.3) is 0 Å². The van der Waals surface area contributed by atoms with E-state index in [1.165, 1.54) is 6.92 Å². The van der Waals surface area contributed by atoms with E-state index >= 15 is 0 Å². The Morgan fingerprint density at radius 3 is 2.25 bits per heavy atom. The van der Waals surface area contributed by atoms with E-state index in [9.17, 15) is 20.1 Å². The molecule has 3 N–H and O–H groups in total. The van der Waals surface area contributed by atoms with Crippen LogP contribution in [0.4, 0.5) is 0 Å². The molecule has 0 aromatic rings. The first-order chi connectivity index (χ1) is 20.1. The number of hydrogen-bond donors (Lipinski definition) is 3. The van der Waals surface area contributed by atoms with Gasteiger partial charge in [0.1, 0.15) is 23.9 Å². The maximum atomic E-state index is 13.8. The lowest BCUT2D eigenvalue weighted by atomic mass is 9.78. The SMILES string of the molecule is CC[C@@H]1OC(=O)[C@H](C)[C@H]2OC(C)(C)OC(C)(C[C@@H](C)CN(C)[C@@H](C)[C@@H](O)[C@]1(C)O)[C@H](OC1O[C@H](C)C[C@H](N(C)C)[C@H]1O)[C@H]2C. The summed E-state index contributed by atoms with van der Waals surface area (Å²) in [5.74, 6) is -2.73. The zero-order valence-corrected chi connectivity index (χ0v) is 29.4.